The van der Waals surface area contributed by atoms with Gasteiger partial charge in [-0.3, -0.25) is 15.0 Å². The van der Waals surface area contributed by atoms with Gasteiger partial charge in [-0.1, -0.05) is 328 Å². The molecule has 21 aromatic rings. The topological polar surface area (TPSA) is 77.3 Å². The Labute approximate surface area is 587 Å². The number of rotatable bonds is 6. The first-order valence-electron chi connectivity index (χ1n) is 34.5. The van der Waals surface area contributed by atoms with Crippen molar-refractivity contribution in [3.8, 4) is 67.2 Å². The van der Waals surface area contributed by atoms with Crippen molar-refractivity contribution in [2.24, 2.45) is 0 Å². The molecule has 0 aliphatic heterocycles. The zero-order chi connectivity index (χ0) is 67.5. The van der Waals surface area contributed by atoms with E-state index in [1.807, 2.05) is 18.6 Å². The van der Waals surface area contributed by atoms with Crippen LogP contribution in [0, 0.1) is 0 Å². The Morgan fingerprint density at radius 2 is 0.422 bits per heavy atom. The molecule has 0 fully saturated rings. The quantitative estimate of drug-likeness (QED) is 0.154. The molecule has 0 spiro atoms. The Morgan fingerprint density at radius 3 is 0.853 bits per heavy atom. The zero-order valence-corrected chi connectivity index (χ0v) is 55.3. The summed E-state index contributed by atoms with van der Waals surface area (Å²) in [5, 5.41) is 21.6. The number of nitrogens with zero attached hydrogens (tertiary/aromatic N) is 6. The highest BCUT2D eigenvalue weighted by atomic mass is 14.8. The van der Waals surface area contributed by atoms with Crippen molar-refractivity contribution >= 4 is 130 Å². The van der Waals surface area contributed by atoms with E-state index in [-0.39, 0.29) is 0 Å². The molecule has 6 heteroatoms. The average molecular weight is 1300 g/mol. The summed E-state index contributed by atoms with van der Waals surface area (Å²) in [5.41, 5.74) is 18.8. The molecule has 18 aromatic carbocycles. The molecule has 3 heterocycles. The zero-order valence-electron chi connectivity index (χ0n) is 55.3. The van der Waals surface area contributed by atoms with Crippen LogP contribution in [-0.2, 0) is 0 Å². The average Bonchev–Trinajstić information content (AvgIpc) is 0.752. The van der Waals surface area contributed by atoms with Gasteiger partial charge in [0, 0.05) is 49.0 Å². The molecule has 0 unspecified atom stereocenters. The van der Waals surface area contributed by atoms with Crippen LogP contribution in [0.1, 0.15) is 0 Å². The summed E-state index contributed by atoms with van der Waals surface area (Å²) in [6.45, 7) is 0. The molecule has 0 aliphatic carbocycles. The molecule has 6 nitrogen and oxygen atoms in total. The molecule has 0 bridgehead atoms. The van der Waals surface area contributed by atoms with Gasteiger partial charge in [-0.05, 0) is 116 Å². The summed E-state index contributed by atoms with van der Waals surface area (Å²) >= 11 is 0. The third-order valence-electron chi connectivity index (χ3n) is 20.1. The minimum Gasteiger partial charge on any atom is -0.252 e. The van der Waals surface area contributed by atoms with Crippen LogP contribution in [-0.4, -0.2) is 29.9 Å². The van der Waals surface area contributed by atoms with Crippen LogP contribution in [0.15, 0.2) is 364 Å². The number of aromatic nitrogens is 6. The Hall–Kier alpha value is -13.7. The monoisotopic (exact) mass is 1300 g/mol. The Bertz CT molecular complexity index is 6780. The first kappa shape index (κ1) is 59.6. The molecule has 0 radical (unpaired) electrons. The largest absolute Gasteiger partial charge is 0.252 e. The normalized spacial score (nSPS) is 11.5. The second-order valence-electron chi connectivity index (χ2n) is 26.0. The maximum atomic E-state index is 5.16. The second-order valence-corrected chi connectivity index (χ2v) is 26.0. The fourth-order valence-corrected chi connectivity index (χ4v) is 15.1. The molecule has 0 aliphatic rings. The fraction of sp³-hybridized carbons (Fsp3) is 0. The lowest BCUT2D eigenvalue weighted by Crippen LogP contribution is -1.92. The predicted octanol–water partition coefficient (Wildman–Crippen LogP) is 25.3. The van der Waals surface area contributed by atoms with E-state index in [9.17, 15) is 0 Å². The summed E-state index contributed by atoms with van der Waals surface area (Å²) in [6.07, 6.45) is 5.71. The second kappa shape index (κ2) is 25.3. The molecule has 0 atom stereocenters. The van der Waals surface area contributed by atoms with Gasteiger partial charge in [0.25, 0.3) is 0 Å². The van der Waals surface area contributed by atoms with Gasteiger partial charge in [0.05, 0.1) is 68.8 Å². The highest BCUT2D eigenvalue weighted by Crippen LogP contribution is 2.40. The minimum absolute atomic E-state index is 0.884. The van der Waals surface area contributed by atoms with Crippen LogP contribution >= 0.6 is 0 Å². The van der Waals surface area contributed by atoms with Gasteiger partial charge in [0.15, 0.2) is 0 Å². The van der Waals surface area contributed by atoms with Crippen molar-refractivity contribution in [2.75, 3.05) is 0 Å². The molecule has 0 N–H and O–H groups in total. The van der Waals surface area contributed by atoms with Gasteiger partial charge in [-0.25, -0.2) is 15.0 Å². The van der Waals surface area contributed by atoms with Crippen molar-refractivity contribution in [2.45, 2.75) is 0 Å². The first-order chi connectivity index (χ1) is 50.6. The van der Waals surface area contributed by atoms with Gasteiger partial charge in [0.2, 0.25) is 0 Å². The van der Waals surface area contributed by atoms with E-state index in [0.717, 1.165) is 99.2 Å². The molecular weight excluding hydrogens is 1240 g/mol. The van der Waals surface area contributed by atoms with Gasteiger partial charge >= 0.3 is 0 Å². The Kier molecular flexibility index (Phi) is 14.8. The molecule has 21 rings (SSSR count). The number of hydrogen-bond donors (Lipinski definition) is 0. The van der Waals surface area contributed by atoms with E-state index in [4.69, 9.17) is 29.9 Å². The van der Waals surface area contributed by atoms with Crippen LogP contribution in [0.2, 0.25) is 0 Å². The standard InChI is InChI=1S/3C32H20N2/c1-2-13-24-21(9-1)10-8-18-25(24)22-11-7-12-23(19-22)30-20-33-31-28-16-5-3-14-26(28)27-15-4-6-17-29(27)32(31)34-30;1-2-10-24-21(8-1)9-7-15-25(24)22-16-18-23(19-17-22)30-20-33-31-28-13-5-3-11-26(28)27-12-4-6-14-29(27)32(31)34-30;1-2-9-22-18-24(17-16-21(22)8-1)23-10-7-11-25(19-23)30-20-33-31-28-14-5-3-12-26(28)27-13-4-6-15-29(27)32(31)34-30/h3*1-20H. The van der Waals surface area contributed by atoms with Crippen molar-refractivity contribution in [3.05, 3.63) is 364 Å². The molecule has 3 aromatic heterocycles. The molecule has 474 valence electrons. The van der Waals surface area contributed by atoms with E-state index in [2.05, 4.69) is 346 Å². The molecule has 0 saturated carbocycles. The van der Waals surface area contributed by atoms with Crippen molar-refractivity contribution < 1.29 is 0 Å². The van der Waals surface area contributed by atoms with Gasteiger partial charge in [0.1, 0.15) is 0 Å². The van der Waals surface area contributed by atoms with Crippen molar-refractivity contribution in [3.63, 3.8) is 0 Å². The highest BCUT2D eigenvalue weighted by molar-refractivity contribution is 6.25. The molecular formula is C96H60N6. The molecule has 102 heavy (non-hydrogen) atoms. The molecule has 0 saturated heterocycles. The SMILES string of the molecule is c1cc(-c2ccc3ccccc3c2)cc(-c2cnc3c4ccccc4c4ccccc4c3n2)c1.c1cc(-c2cnc3c4ccccc4c4ccccc4c3n2)cc(-c2cccc3ccccc23)c1.c1ccc2c(-c3ccc(-c4cnc5c6ccccc6c6ccccc6c5n4)cc3)cccc2c1. The lowest BCUT2D eigenvalue weighted by molar-refractivity contribution is 1.31. The van der Waals surface area contributed by atoms with Crippen LogP contribution in [0.3, 0.4) is 0 Å². The Balaban J connectivity index is 0.000000106. The number of hydrogen-bond acceptors (Lipinski definition) is 6. The lowest BCUT2D eigenvalue weighted by atomic mass is 9.96. The fourth-order valence-electron chi connectivity index (χ4n) is 15.1. The van der Waals surface area contributed by atoms with E-state index < -0.39 is 0 Å². The van der Waals surface area contributed by atoms with Crippen LogP contribution < -0.4 is 0 Å². The van der Waals surface area contributed by atoms with E-state index in [1.165, 1.54) is 98.0 Å². The van der Waals surface area contributed by atoms with Gasteiger partial charge in [-0.2, -0.15) is 0 Å². The summed E-state index contributed by atoms with van der Waals surface area (Å²) < 4.78 is 0. The first-order valence-corrected chi connectivity index (χ1v) is 34.5. The third-order valence-corrected chi connectivity index (χ3v) is 20.1. The minimum atomic E-state index is 0.884. The van der Waals surface area contributed by atoms with E-state index in [1.54, 1.807) is 0 Å². The number of fused-ring (bicyclic) bond motifs is 21. The summed E-state index contributed by atoms with van der Waals surface area (Å²) in [5.74, 6) is 0. The summed E-state index contributed by atoms with van der Waals surface area (Å²) in [4.78, 5) is 30.2. The third kappa shape index (κ3) is 10.6. The number of benzene rings is 18. The maximum absolute atomic E-state index is 5.16. The summed E-state index contributed by atoms with van der Waals surface area (Å²) in [6, 6.07) is 122. The van der Waals surface area contributed by atoms with Crippen molar-refractivity contribution in [1.29, 1.82) is 0 Å². The van der Waals surface area contributed by atoms with Gasteiger partial charge in [-0.15, -0.1) is 0 Å². The highest BCUT2D eigenvalue weighted by Gasteiger charge is 2.17. The maximum Gasteiger partial charge on any atom is 0.0979 e. The van der Waals surface area contributed by atoms with Crippen molar-refractivity contribution in [1.82, 2.24) is 29.9 Å². The Morgan fingerprint density at radius 1 is 0.147 bits per heavy atom. The smallest absolute Gasteiger partial charge is 0.0979 e. The van der Waals surface area contributed by atoms with Crippen LogP contribution in [0.5, 0.6) is 0 Å². The summed E-state index contributed by atoms with van der Waals surface area (Å²) in [7, 11) is 0. The van der Waals surface area contributed by atoms with E-state index in [0.29, 0.717) is 0 Å². The predicted molar refractivity (Wildman–Crippen MR) is 429 cm³/mol. The van der Waals surface area contributed by atoms with Gasteiger partial charge < -0.3 is 0 Å². The van der Waals surface area contributed by atoms with Crippen LogP contribution in [0.4, 0.5) is 0 Å². The molecule has 0 amide bonds. The lowest BCUT2D eigenvalue weighted by Gasteiger charge is -2.11. The van der Waals surface area contributed by atoms with Crippen LogP contribution in [0.25, 0.3) is 197 Å². The van der Waals surface area contributed by atoms with E-state index >= 15 is 0 Å².